The highest BCUT2D eigenvalue weighted by Gasteiger charge is 2.30. The molecule has 0 atom stereocenters. The molecule has 0 aliphatic carbocycles. The predicted octanol–water partition coefficient (Wildman–Crippen LogP) is 3.80. The van der Waals surface area contributed by atoms with Gasteiger partial charge in [-0.1, -0.05) is 36.5 Å². The van der Waals surface area contributed by atoms with E-state index in [9.17, 15) is 13.2 Å². The summed E-state index contributed by atoms with van der Waals surface area (Å²) in [6.45, 7) is 2.91. The summed E-state index contributed by atoms with van der Waals surface area (Å²) in [5, 5.41) is 0.327. The maximum atomic E-state index is 13.3. The van der Waals surface area contributed by atoms with Crippen LogP contribution in [0.15, 0.2) is 41.4 Å². The van der Waals surface area contributed by atoms with Crippen LogP contribution >= 0.6 is 23.2 Å². The monoisotopic (exact) mass is 489 g/mol. The third-order valence-corrected chi connectivity index (χ3v) is 7.47. The quantitative estimate of drug-likeness (QED) is 0.454. The number of carbonyl (C=O) groups is 1. The van der Waals surface area contributed by atoms with Gasteiger partial charge in [0.15, 0.2) is 0 Å². The summed E-state index contributed by atoms with van der Waals surface area (Å²) in [7, 11) is -0.557. The van der Waals surface area contributed by atoms with Gasteiger partial charge >= 0.3 is 0 Å². The Morgan fingerprint density at radius 2 is 1.94 bits per heavy atom. The van der Waals surface area contributed by atoms with Gasteiger partial charge in [-0.25, -0.2) is 8.42 Å². The molecule has 2 rings (SSSR count). The number of aryl methyl sites for hydroxylation is 1. The Bertz CT molecular complexity index is 979. The van der Waals surface area contributed by atoms with Crippen molar-refractivity contribution in [2.45, 2.75) is 31.2 Å². The number of halogens is 2. The largest absolute Gasteiger partial charge is 0.383 e. The second kappa shape index (κ2) is 11.9. The molecule has 172 valence electrons. The number of ether oxygens (including phenoxy) is 1. The third kappa shape index (κ3) is 6.95. The minimum atomic E-state index is -4.01. The second-order valence-electron chi connectivity index (χ2n) is 7.19. The fourth-order valence-electron chi connectivity index (χ4n) is 3.03. The molecule has 0 saturated heterocycles. The van der Waals surface area contributed by atoms with Crippen molar-refractivity contribution in [3.63, 3.8) is 0 Å². The fourth-order valence-corrected chi connectivity index (χ4v) is 5.20. The number of unbranched alkanes of at least 4 members (excludes halogenated alkanes) is 1. The smallest absolute Gasteiger partial charge is 0.245 e. The van der Waals surface area contributed by atoms with Crippen molar-refractivity contribution >= 4 is 39.1 Å². The van der Waals surface area contributed by atoms with Crippen LogP contribution in [0.4, 0.5) is 0 Å². The van der Waals surface area contributed by atoms with Gasteiger partial charge in [0.2, 0.25) is 15.9 Å². The number of sulfonamides is 1. The number of hydrogen-bond donors (Lipinski definition) is 0. The molecular weight excluding hydrogens is 461 g/mol. The number of carbonyl (C=O) groups excluding carboxylic acids is 1. The first-order chi connectivity index (χ1) is 14.7. The van der Waals surface area contributed by atoms with E-state index in [1.54, 1.807) is 12.0 Å². The van der Waals surface area contributed by atoms with Crippen LogP contribution in [-0.2, 0) is 33.1 Å². The molecule has 1 heterocycles. The molecule has 0 aliphatic heterocycles. The van der Waals surface area contributed by atoms with E-state index in [1.807, 2.05) is 36.9 Å². The van der Waals surface area contributed by atoms with Gasteiger partial charge in [0.05, 0.1) is 24.7 Å². The van der Waals surface area contributed by atoms with Crippen molar-refractivity contribution in [2.24, 2.45) is 7.05 Å². The Morgan fingerprint density at radius 3 is 2.55 bits per heavy atom. The highest BCUT2D eigenvalue weighted by Crippen LogP contribution is 2.28. The van der Waals surface area contributed by atoms with Crippen LogP contribution in [0.5, 0.6) is 0 Å². The Balaban J connectivity index is 2.30. The minimum absolute atomic E-state index is 0.0680. The zero-order valence-electron chi connectivity index (χ0n) is 18.1. The van der Waals surface area contributed by atoms with Gasteiger partial charge in [0.1, 0.15) is 4.90 Å². The summed E-state index contributed by atoms with van der Waals surface area (Å²) < 4.78 is 34.9. The van der Waals surface area contributed by atoms with E-state index in [2.05, 4.69) is 0 Å². The van der Waals surface area contributed by atoms with Gasteiger partial charge in [-0.05, 0) is 36.8 Å². The molecule has 7 nitrogen and oxygen atoms in total. The van der Waals surface area contributed by atoms with Crippen molar-refractivity contribution < 1.29 is 17.9 Å². The number of amides is 1. The average molecular weight is 490 g/mol. The van der Waals surface area contributed by atoms with Crippen LogP contribution in [0, 0.1) is 0 Å². The first-order valence-corrected chi connectivity index (χ1v) is 12.2. The van der Waals surface area contributed by atoms with E-state index < -0.39 is 10.0 Å². The molecule has 0 saturated carbocycles. The minimum Gasteiger partial charge on any atom is -0.383 e. The van der Waals surface area contributed by atoms with Crippen LogP contribution < -0.4 is 0 Å². The second-order valence-corrected chi connectivity index (χ2v) is 9.94. The third-order valence-electron chi connectivity index (χ3n) is 4.91. The molecule has 1 amide bonds. The maximum Gasteiger partial charge on any atom is 0.245 e. The predicted molar refractivity (Wildman–Crippen MR) is 123 cm³/mol. The fraction of sp³-hybridized carbons (Fsp3) is 0.476. The Hall–Kier alpha value is -1.58. The van der Waals surface area contributed by atoms with Gasteiger partial charge in [0, 0.05) is 44.2 Å². The van der Waals surface area contributed by atoms with E-state index in [4.69, 9.17) is 27.9 Å². The van der Waals surface area contributed by atoms with Crippen molar-refractivity contribution in [1.82, 2.24) is 13.8 Å². The molecule has 10 heteroatoms. The lowest BCUT2D eigenvalue weighted by Crippen LogP contribution is -2.44. The van der Waals surface area contributed by atoms with Crippen molar-refractivity contribution in [2.75, 3.05) is 33.4 Å². The van der Waals surface area contributed by atoms with Crippen LogP contribution in [0.25, 0.3) is 0 Å². The number of nitrogens with zero attached hydrogens (tertiary/aromatic N) is 3. The van der Waals surface area contributed by atoms with E-state index >= 15 is 0 Å². The zero-order valence-corrected chi connectivity index (χ0v) is 20.4. The molecule has 0 radical (unpaired) electrons. The van der Waals surface area contributed by atoms with E-state index in [0.29, 0.717) is 26.1 Å². The summed E-state index contributed by atoms with van der Waals surface area (Å²) in [4.78, 5) is 14.7. The van der Waals surface area contributed by atoms with E-state index in [0.717, 1.165) is 12.1 Å². The first kappa shape index (κ1) is 25.7. The van der Waals surface area contributed by atoms with Crippen LogP contribution in [0.2, 0.25) is 10.0 Å². The summed E-state index contributed by atoms with van der Waals surface area (Å²) in [6.07, 6.45) is 3.29. The van der Waals surface area contributed by atoms with Crippen molar-refractivity contribution in [3.8, 4) is 0 Å². The summed E-state index contributed by atoms with van der Waals surface area (Å²) >= 11 is 12.2. The molecule has 0 unspecified atom stereocenters. The van der Waals surface area contributed by atoms with E-state index in [1.165, 1.54) is 22.5 Å². The highest BCUT2D eigenvalue weighted by molar-refractivity contribution is 7.89. The average Bonchev–Trinajstić information content (AvgIpc) is 3.14. The molecule has 0 bridgehead atoms. The normalized spacial score (nSPS) is 11.8. The lowest BCUT2D eigenvalue weighted by atomic mass is 10.3. The molecule has 0 fully saturated rings. The number of rotatable bonds is 12. The summed E-state index contributed by atoms with van der Waals surface area (Å²) in [6, 6.07) is 8.10. The van der Waals surface area contributed by atoms with Crippen molar-refractivity contribution in [3.05, 3.63) is 52.3 Å². The molecule has 1 aromatic carbocycles. The van der Waals surface area contributed by atoms with Crippen molar-refractivity contribution in [1.29, 1.82) is 0 Å². The van der Waals surface area contributed by atoms with E-state index in [-0.39, 0.29) is 33.9 Å². The van der Waals surface area contributed by atoms with Crippen LogP contribution in [-0.4, -0.2) is 61.4 Å². The lowest BCUT2D eigenvalue weighted by Gasteiger charge is -2.27. The standard InChI is InChI=1S/C21H29Cl2N3O4S/c1-4-5-11-26(31(28,29)20-14-17(22)8-9-19(20)23)16-21(27)25(12-13-30-3)15-18-7-6-10-24(18)2/h6-10,14H,4-5,11-13,15-16H2,1-3H3. The van der Waals surface area contributed by atoms with Crippen LogP contribution in [0.1, 0.15) is 25.5 Å². The summed E-state index contributed by atoms with van der Waals surface area (Å²) in [5.74, 6) is -0.309. The maximum absolute atomic E-state index is 13.3. The van der Waals surface area contributed by atoms with Gasteiger partial charge in [-0.15, -0.1) is 0 Å². The molecule has 1 aromatic heterocycles. The molecule has 2 aromatic rings. The van der Waals surface area contributed by atoms with Crippen LogP contribution in [0.3, 0.4) is 0 Å². The molecule has 0 N–H and O–H groups in total. The molecule has 31 heavy (non-hydrogen) atoms. The Kier molecular flexibility index (Phi) is 9.84. The number of benzene rings is 1. The summed E-state index contributed by atoms with van der Waals surface area (Å²) in [5.41, 5.74) is 0.935. The molecule has 0 spiro atoms. The highest BCUT2D eigenvalue weighted by atomic mass is 35.5. The number of hydrogen-bond acceptors (Lipinski definition) is 4. The van der Waals surface area contributed by atoms with Gasteiger partial charge in [-0.3, -0.25) is 4.79 Å². The number of aromatic nitrogens is 1. The lowest BCUT2D eigenvalue weighted by molar-refractivity contribution is -0.132. The molecule has 0 aliphatic rings. The SMILES string of the molecule is CCCCN(CC(=O)N(CCOC)Cc1cccn1C)S(=O)(=O)c1cc(Cl)ccc1Cl. The number of methoxy groups -OCH3 is 1. The molecular formula is C21H29Cl2N3O4S. The van der Waals surface area contributed by atoms with Gasteiger partial charge in [0.25, 0.3) is 0 Å². The van der Waals surface area contributed by atoms with Gasteiger partial charge in [-0.2, -0.15) is 4.31 Å². The Labute approximate surface area is 194 Å². The first-order valence-electron chi connectivity index (χ1n) is 10.0. The van der Waals surface area contributed by atoms with Gasteiger partial charge < -0.3 is 14.2 Å². The topological polar surface area (TPSA) is 71.8 Å². The Morgan fingerprint density at radius 1 is 1.19 bits per heavy atom. The zero-order chi connectivity index (χ0) is 23.0.